The van der Waals surface area contributed by atoms with Crippen molar-refractivity contribution in [2.75, 3.05) is 13.1 Å². The third-order valence-corrected chi connectivity index (χ3v) is 4.62. The second-order valence-electron chi connectivity index (χ2n) is 4.83. The molecule has 0 amide bonds. The molecule has 0 radical (unpaired) electrons. The summed E-state index contributed by atoms with van der Waals surface area (Å²) in [6.45, 7) is 5.19. The summed E-state index contributed by atoms with van der Waals surface area (Å²) in [5.74, 6) is 1.57. The minimum atomic E-state index is 0.762. The number of nitrogens with two attached hydrogens (primary N) is 1. The largest absolute Gasteiger partial charge is 0.330 e. The fourth-order valence-electron chi connectivity index (χ4n) is 2.65. The van der Waals surface area contributed by atoms with E-state index in [1.165, 1.54) is 29.0 Å². The summed E-state index contributed by atoms with van der Waals surface area (Å²) in [4.78, 5) is 2.84. The van der Waals surface area contributed by atoms with E-state index < -0.39 is 0 Å². The zero-order valence-corrected chi connectivity index (χ0v) is 10.9. The van der Waals surface area contributed by atoms with Gasteiger partial charge in [-0.05, 0) is 56.8 Å². The summed E-state index contributed by atoms with van der Waals surface area (Å²) >= 11 is 1.89. The van der Waals surface area contributed by atoms with Crippen molar-refractivity contribution < 1.29 is 0 Å². The van der Waals surface area contributed by atoms with Crippen molar-refractivity contribution in [2.45, 2.75) is 32.7 Å². The highest BCUT2D eigenvalue weighted by Gasteiger charge is 2.25. The number of rotatable bonds is 5. The van der Waals surface area contributed by atoms with Crippen LogP contribution in [0, 0.1) is 18.8 Å². The maximum Gasteiger partial charge on any atom is 0.0299 e. The molecular formula is C13H22N2S. The van der Waals surface area contributed by atoms with E-state index in [1.54, 1.807) is 0 Å². The van der Waals surface area contributed by atoms with Crippen LogP contribution in [0.5, 0.6) is 0 Å². The number of hydrogen-bond acceptors (Lipinski definition) is 3. The molecule has 1 aliphatic rings. The molecule has 1 aromatic rings. The molecule has 1 fully saturated rings. The van der Waals surface area contributed by atoms with E-state index in [4.69, 9.17) is 5.73 Å². The van der Waals surface area contributed by atoms with Gasteiger partial charge in [-0.1, -0.05) is 6.42 Å². The third-order valence-electron chi connectivity index (χ3n) is 3.62. The van der Waals surface area contributed by atoms with Crippen LogP contribution in [0.2, 0.25) is 0 Å². The maximum atomic E-state index is 5.78. The Bertz CT molecular complexity index is 321. The zero-order chi connectivity index (χ0) is 11.4. The van der Waals surface area contributed by atoms with Gasteiger partial charge in [-0.2, -0.15) is 0 Å². The van der Waals surface area contributed by atoms with Crippen LogP contribution in [0.1, 0.15) is 29.0 Å². The van der Waals surface area contributed by atoms with Crippen molar-refractivity contribution in [1.82, 2.24) is 5.32 Å². The van der Waals surface area contributed by atoms with E-state index in [0.29, 0.717) is 0 Å². The predicted octanol–water partition coefficient (Wildman–Crippen LogP) is 2.52. The molecule has 0 bridgehead atoms. The molecule has 3 heteroatoms. The highest BCUT2D eigenvalue weighted by molar-refractivity contribution is 7.11. The van der Waals surface area contributed by atoms with Gasteiger partial charge in [-0.15, -0.1) is 11.3 Å². The fourth-order valence-corrected chi connectivity index (χ4v) is 3.51. The lowest BCUT2D eigenvalue weighted by Crippen LogP contribution is -2.28. The summed E-state index contributed by atoms with van der Waals surface area (Å²) in [5.41, 5.74) is 5.78. The standard InChI is InChI=1S/C13H22N2S/c1-10-5-6-13(16-10)9-15-8-12-4-2-3-11(12)7-14/h5-6,11-12,15H,2-4,7-9,14H2,1H3. The van der Waals surface area contributed by atoms with Gasteiger partial charge in [0.15, 0.2) is 0 Å². The van der Waals surface area contributed by atoms with Gasteiger partial charge in [-0.3, -0.25) is 0 Å². The van der Waals surface area contributed by atoms with E-state index in [1.807, 2.05) is 11.3 Å². The molecule has 0 aliphatic heterocycles. The number of aryl methyl sites for hydroxylation is 1. The van der Waals surface area contributed by atoms with Crippen LogP contribution >= 0.6 is 11.3 Å². The molecule has 0 saturated heterocycles. The molecule has 1 aromatic heterocycles. The van der Waals surface area contributed by atoms with Gasteiger partial charge >= 0.3 is 0 Å². The van der Waals surface area contributed by atoms with Crippen molar-refractivity contribution in [3.05, 3.63) is 21.9 Å². The first-order valence-corrected chi connectivity index (χ1v) is 7.07. The van der Waals surface area contributed by atoms with Crippen LogP contribution < -0.4 is 11.1 Å². The lowest BCUT2D eigenvalue weighted by molar-refractivity contribution is 0.374. The van der Waals surface area contributed by atoms with Gasteiger partial charge in [0.05, 0.1) is 0 Å². The highest BCUT2D eigenvalue weighted by Crippen LogP contribution is 2.30. The Hall–Kier alpha value is -0.380. The normalized spacial score (nSPS) is 25.1. The predicted molar refractivity (Wildman–Crippen MR) is 70.6 cm³/mol. The maximum absolute atomic E-state index is 5.78. The quantitative estimate of drug-likeness (QED) is 0.827. The Labute approximate surface area is 102 Å². The fraction of sp³-hybridized carbons (Fsp3) is 0.692. The summed E-state index contributed by atoms with van der Waals surface area (Å²) < 4.78 is 0. The molecule has 90 valence electrons. The second-order valence-corrected chi connectivity index (χ2v) is 6.20. The van der Waals surface area contributed by atoms with Crippen molar-refractivity contribution in [1.29, 1.82) is 0 Å². The van der Waals surface area contributed by atoms with Crippen LogP contribution in [0.4, 0.5) is 0 Å². The van der Waals surface area contributed by atoms with E-state index in [0.717, 1.165) is 31.5 Å². The van der Waals surface area contributed by atoms with Gasteiger partial charge in [0, 0.05) is 16.3 Å². The van der Waals surface area contributed by atoms with Crippen LogP contribution in [-0.2, 0) is 6.54 Å². The van der Waals surface area contributed by atoms with Crippen LogP contribution in [0.3, 0.4) is 0 Å². The van der Waals surface area contributed by atoms with Crippen molar-refractivity contribution >= 4 is 11.3 Å². The zero-order valence-electron chi connectivity index (χ0n) is 10.0. The average molecular weight is 238 g/mol. The summed E-state index contributed by atoms with van der Waals surface area (Å²) in [7, 11) is 0. The van der Waals surface area contributed by atoms with E-state index in [9.17, 15) is 0 Å². The average Bonchev–Trinajstić information content (AvgIpc) is 2.87. The van der Waals surface area contributed by atoms with Crippen LogP contribution in [-0.4, -0.2) is 13.1 Å². The molecule has 0 spiro atoms. The molecule has 1 aliphatic carbocycles. The molecule has 1 saturated carbocycles. The third kappa shape index (κ3) is 3.06. The molecule has 2 unspecified atom stereocenters. The Morgan fingerprint density at radius 2 is 2.19 bits per heavy atom. The first-order valence-electron chi connectivity index (χ1n) is 6.25. The van der Waals surface area contributed by atoms with Gasteiger partial charge in [0.25, 0.3) is 0 Å². The van der Waals surface area contributed by atoms with E-state index in [2.05, 4.69) is 24.4 Å². The Kier molecular flexibility index (Phi) is 4.38. The molecule has 2 rings (SSSR count). The van der Waals surface area contributed by atoms with Gasteiger partial charge < -0.3 is 11.1 Å². The van der Waals surface area contributed by atoms with Gasteiger partial charge in [0.2, 0.25) is 0 Å². The van der Waals surface area contributed by atoms with E-state index in [-0.39, 0.29) is 0 Å². The first-order chi connectivity index (χ1) is 7.79. The minimum Gasteiger partial charge on any atom is -0.330 e. The van der Waals surface area contributed by atoms with Crippen molar-refractivity contribution in [3.8, 4) is 0 Å². The molecule has 1 heterocycles. The Morgan fingerprint density at radius 3 is 2.88 bits per heavy atom. The summed E-state index contributed by atoms with van der Waals surface area (Å²) in [6.07, 6.45) is 4.06. The van der Waals surface area contributed by atoms with Crippen LogP contribution in [0.15, 0.2) is 12.1 Å². The smallest absolute Gasteiger partial charge is 0.0299 e. The number of nitrogens with one attached hydrogen (secondary N) is 1. The molecule has 0 aromatic carbocycles. The van der Waals surface area contributed by atoms with Crippen LogP contribution in [0.25, 0.3) is 0 Å². The molecule has 2 atom stereocenters. The van der Waals surface area contributed by atoms with E-state index >= 15 is 0 Å². The second kappa shape index (κ2) is 5.80. The van der Waals surface area contributed by atoms with Gasteiger partial charge in [0.1, 0.15) is 0 Å². The SMILES string of the molecule is Cc1ccc(CNCC2CCCC2CN)s1. The summed E-state index contributed by atoms with van der Waals surface area (Å²) in [5, 5.41) is 3.58. The first kappa shape index (κ1) is 12.1. The van der Waals surface area contributed by atoms with Crippen molar-refractivity contribution in [2.24, 2.45) is 17.6 Å². The summed E-state index contributed by atoms with van der Waals surface area (Å²) in [6, 6.07) is 4.42. The number of hydrogen-bond donors (Lipinski definition) is 2. The Morgan fingerprint density at radius 1 is 1.38 bits per heavy atom. The Balaban J connectivity index is 1.71. The molecule has 2 nitrogen and oxygen atoms in total. The van der Waals surface area contributed by atoms with Crippen molar-refractivity contribution in [3.63, 3.8) is 0 Å². The van der Waals surface area contributed by atoms with Gasteiger partial charge in [-0.25, -0.2) is 0 Å². The molecule has 16 heavy (non-hydrogen) atoms. The lowest BCUT2D eigenvalue weighted by atomic mass is 9.96. The number of thiophene rings is 1. The molecular weight excluding hydrogens is 216 g/mol. The lowest BCUT2D eigenvalue weighted by Gasteiger charge is -2.17. The minimum absolute atomic E-state index is 0.762. The highest BCUT2D eigenvalue weighted by atomic mass is 32.1. The molecule has 3 N–H and O–H groups in total. The monoisotopic (exact) mass is 238 g/mol. The topological polar surface area (TPSA) is 38.0 Å².